The smallest absolute Gasteiger partial charge is 0.0590 e. The van der Waals surface area contributed by atoms with Crippen molar-refractivity contribution in [3.8, 4) is 0 Å². The first-order chi connectivity index (χ1) is 6.93. The number of hydrogen-bond donors (Lipinski definition) is 1. The Labute approximate surface area is 87.2 Å². The number of ether oxygens (including phenoxy) is 2. The van der Waals surface area contributed by atoms with E-state index in [4.69, 9.17) is 9.47 Å². The minimum Gasteiger partial charge on any atom is -0.380 e. The van der Waals surface area contributed by atoms with Gasteiger partial charge in [-0.15, -0.1) is 0 Å². The Hall–Kier alpha value is -0.120. The van der Waals surface area contributed by atoms with E-state index in [1.54, 1.807) is 0 Å². The van der Waals surface area contributed by atoms with Gasteiger partial charge in [0.15, 0.2) is 0 Å². The fraction of sp³-hybridized carbons (Fsp3) is 1.00. The van der Waals surface area contributed by atoms with Crippen LogP contribution in [-0.4, -0.2) is 39.0 Å². The van der Waals surface area contributed by atoms with Crippen LogP contribution in [0.15, 0.2) is 0 Å². The molecule has 1 unspecified atom stereocenters. The third-order valence-electron chi connectivity index (χ3n) is 2.44. The van der Waals surface area contributed by atoms with Gasteiger partial charge in [0, 0.05) is 19.8 Å². The molecule has 0 aromatic carbocycles. The SMILES string of the molecule is CCCOCCNCCC1CCCO1. The van der Waals surface area contributed by atoms with Crippen molar-refractivity contribution in [2.75, 3.05) is 32.9 Å². The zero-order valence-corrected chi connectivity index (χ0v) is 9.26. The van der Waals surface area contributed by atoms with E-state index in [-0.39, 0.29) is 0 Å². The van der Waals surface area contributed by atoms with Gasteiger partial charge in [-0.2, -0.15) is 0 Å². The minimum absolute atomic E-state index is 0.513. The van der Waals surface area contributed by atoms with Crippen molar-refractivity contribution in [1.82, 2.24) is 5.32 Å². The van der Waals surface area contributed by atoms with Crippen LogP contribution in [0.1, 0.15) is 32.6 Å². The van der Waals surface area contributed by atoms with Gasteiger partial charge in [0.25, 0.3) is 0 Å². The van der Waals surface area contributed by atoms with Gasteiger partial charge in [0.1, 0.15) is 0 Å². The Morgan fingerprint density at radius 3 is 3.00 bits per heavy atom. The van der Waals surface area contributed by atoms with Gasteiger partial charge in [0.2, 0.25) is 0 Å². The first-order valence-electron chi connectivity index (χ1n) is 5.83. The van der Waals surface area contributed by atoms with Gasteiger partial charge < -0.3 is 14.8 Å². The summed E-state index contributed by atoms with van der Waals surface area (Å²) in [6.45, 7) is 6.83. The normalized spacial score (nSPS) is 21.6. The number of rotatable bonds is 8. The highest BCUT2D eigenvalue weighted by Crippen LogP contribution is 2.14. The molecule has 1 fully saturated rings. The molecule has 1 aliphatic rings. The van der Waals surface area contributed by atoms with E-state index in [0.29, 0.717) is 6.10 Å². The summed E-state index contributed by atoms with van der Waals surface area (Å²) < 4.78 is 10.9. The van der Waals surface area contributed by atoms with E-state index in [0.717, 1.165) is 45.8 Å². The summed E-state index contributed by atoms with van der Waals surface area (Å²) in [4.78, 5) is 0. The highest BCUT2D eigenvalue weighted by atomic mass is 16.5. The summed E-state index contributed by atoms with van der Waals surface area (Å²) in [5.41, 5.74) is 0. The van der Waals surface area contributed by atoms with Crippen LogP contribution in [0.4, 0.5) is 0 Å². The van der Waals surface area contributed by atoms with Crippen LogP contribution in [0.25, 0.3) is 0 Å². The highest BCUT2D eigenvalue weighted by Gasteiger charge is 2.13. The van der Waals surface area contributed by atoms with Crippen LogP contribution < -0.4 is 5.32 Å². The van der Waals surface area contributed by atoms with Crippen LogP contribution in [0, 0.1) is 0 Å². The summed E-state index contributed by atoms with van der Waals surface area (Å²) in [7, 11) is 0. The molecule has 0 saturated carbocycles. The van der Waals surface area contributed by atoms with Crippen molar-refractivity contribution in [2.45, 2.75) is 38.7 Å². The number of nitrogens with one attached hydrogen (secondary N) is 1. The molecule has 0 spiro atoms. The Balaban J connectivity index is 1.75. The zero-order chi connectivity index (χ0) is 10.1. The minimum atomic E-state index is 0.513. The molecule has 3 nitrogen and oxygen atoms in total. The molecule has 1 rings (SSSR count). The second-order valence-electron chi connectivity index (χ2n) is 3.79. The molecule has 0 bridgehead atoms. The lowest BCUT2D eigenvalue weighted by molar-refractivity contribution is 0.102. The van der Waals surface area contributed by atoms with Gasteiger partial charge in [-0.3, -0.25) is 0 Å². The summed E-state index contributed by atoms with van der Waals surface area (Å²) >= 11 is 0. The Bertz CT molecular complexity index is 124. The first-order valence-corrected chi connectivity index (χ1v) is 5.83. The maximum Gasteiger partial charge on any atom is 0.0590 e. The fourth-order valence-electron chi connectivity index (χ4n) is 1.65. The third-order valence-corrected chi connectivity index (χ3v) is 2.44. The Morgan fingerprint density at radius 2 is 2.29 bits per heavy atom. The Morgan fingerprint density at radius 1 is 1.36 bits per heavy atom. The van der Waals surface area contributed by atoms with E-state index in [9.17, 15) is 0 Å². The zero-order valence-electron chi connectivity index (χ0n) is 9.26. The van der Waals surface area contributed by atoms with Crippen LogP contribution in [0.3, 0.4) is 0 Å². The van der Waals surface area contributed by atoms with Crippen molar-refractivity contribution in [1.29, 1.82) is 0 Å². The predicted octanol–water partition coefficient (Wildman–Crippen LogP) is 1.57. The summed E-state index contributed by atoms with van der Waals surface area (Å²) in [5.74, 6) is 0. The molecule has 1 N–H and O–H groups in total. The monoisotopic (exact) mass is 201 g/mol. The maximum atomic E-state index is 5.53. The third kappa shape index (κ3) is 5.58. The van der Waals surface area contributed by atoms with Crippen LogP contribution in [0.5, 0.6) is 0 Å². The standard InChI is InChI=1S/C11H23NO2/c1-2-8-13-10-7-12-6-5-11-4-3-9-14-11/h11-12H,2-10H2,1H3. The molecule has 3 heteroatoms. The first kappa shape index (κ1) is 12.0. The van der Waals surface area contributed by atoms with Gasteiger partial charge in [-0.25, -0.2) is 0 Å². The molecular weight excluding hydrogens is 178 g/mol. The molecule has 0 aromatic heterocycles. The van der Waals surface area contributed by atoms with Gasteiger partial charge >= 0.3 is 0 Å². The van der Waals surface area contributed by atoms with Crippen molar-refractivity contribution in [2.24, 2.45) is 0 Å². The molecule has 0 radical (unpaired) electrons. The topological polar surface area (TPSA) is 30.5 Å². The largest absolute Gasteiger partial charge is 0.380 e. The molecule has 0 aromatic rings. The summed E-state index contributed by atoms with van der Waals surface area (Å²) in [6, 6.07) is 0. The predicted molar refractivity (Wildman–Crippen MR) is 57.6 cm³/mol. The molecule has 84 valence electrons. The van der Waals surface area contributed by atoms with Gasteiger partial charge in [-0.05, 0) is 32.2 Å². The second kappa shape index (κ2) is 8.21. The molecule has 1 aliphatic heterocycles. The summed E-state index contributed by atoms with van der Waals surface area (Å²) in [6.07, 6.45) is 5.25. The second-order valence-corrected chi connectivity index (χ2v) is 3.79. The van der Waals surface area contributed by atoms with Gasteiger partial charge in [0.05, 0.1) is 12.7 Å². The molecule has 0 aliphatic carbocycles. The molecule has 1 atom stereocenters. The molecule has 1 heterocycles. The lowest BCUT2D eigenvalue weighted by Gasteiger charge is -2.09. The van der Waals surface area contributed by atoms with E-state index >= 15 is 0 Å². The average molecular weight is 201 g/mol. The van der Waals surface area contributed by atoms with Crippen molar-refractivity contribution < 1.29 is 9.47 Å². The highest BCUT2D eigenvalue weighted by molar-refractivity contribution is 4.65. The van der Waals surface area contributed by atoms with E-state index in [2.05, 4.69) is 12.2 Å². The summed E-state index contributed by atoms with van der Waals surface area (Å²) in [5, 5.41) is 3.37. The van der Waals surface area contributed by atoms with E-state index in [1.807, 2.05) is 0 Å². The fourth-order valence-corrected chi connectivity index (χ4v) is 1.65. The van der Waals surface area contributed by atoms with Crippen molar-refractivity contribution >= 4 is 0 Å². The quantitative estimate of drug-likeness (QED) is 0.605. The van der Waals surface area contributed by atoms with Crippen molar-refractivity contribution in [3.63, 3.8) is 0 Å². The van der Waals surface area contributed by atoms with Crippen LogP contribution in [0.2, 0.25) is 0 Å². The molecule has 14 heavy (non-hydrogen) atoms. The average Bonchev–Trinajstić information content (AvgIpc) is 2.69. The Kier molecular flexibility index (Phi) is 7.01. The lowest BCUT2D eigenvalue weighted by Crippen LogP contribution is -2.24. The van der Waals surface area contributed by atoms with Crippen LogP contribution in [-0.2, 0) is 9.47 Å². The van der Waals surface area contributed by atoms with Crippen LogP contribution >= 0.6 is 0 Å². The molecule has 0 amide bonds. The van der Waals surface area contributed by atoms with Gasteiger partial charge in [-0.1, -0.05) is 6.92 Å². The van der Waals surface area contributed by atoms with E-state index in [1.165, 1.54) is 12.8 Å². The van der Waals surface area contributed by atoms with Crippen molar-refractivity contribution in [3.05, 3.63) is 0 Å². The molecular formula is C11H23NO2. The maximum absolute atomic E-state index is 5.53. The lowest BCUT2D eigenvalue weighted by atomic mass is 10.2. The number of hydrogen-bond acceptors (Lipinski definition) is 3. The molecule has 1 saturated heterocycles. The van der Waals surface area contributed by atoms with E-state index < -0.39 is 0 Å².